The zero-order valence-corrected chi connectivity index (χ0v) is 27.7. The molecule has 0 aromatic carbocycles. The van der Waals surface area contributed by atoms with Crippen LogP contribution in [0.3, 0.4) is 0 Å². The van der Waals surface area contributed by atoms with Crippen molar-refractivity contribution >= 4 is 27.7 Å². The van der Waals surface area contributed by atoms with Gasteiger partial charge >= 0.3 is 17.1 Å². The Morgan fingerprint density at radius 2 is 1.35 bits per heavy atom. The summed E-state index contributed by atoms with van der Waals surface area (Å²) in [6.45, 7) is -1.17. The minimum Gasteiger partial charge on any atom is -0.394 e. The lowest BCUT2D eigenvalue weighted by Crippen LogP contribution is -2.36. The van der Waals surface area contributed by atoms with Gasteiger partial charge in [0, 0.05) is 19.0 Å². The van der Waals surface area contributed by atoms with Gasteiger partial charge in [-0.3, -0.25) is 23.5 Å². The molecule has 51 heavy (non-hydrogen) atoms. The van der Waals surface area contributed by atoms with Crippen LogP contribution < -0.4 is 34.1 Å². The maximum absolute atomic E-state index is 13.2. The van der Waals surface area contributed by atoms with Crippen LogP contribution in [0.2, 0.25) is 0 Å². The highest BCUT2D eigenvalue weighted by atomic mass is 79.9. The number of aliphatic hydroxyl groups excluding tert-OH is 7. The van der Waals surface area contributed by atoms with Gasteiger partial charge in [-0.1, -0.05) is 0 Å². The molecule has 3 saturated heterocycles. The van der Waals surface area contributed by atoms with Crippen molar-refractivity contribution in [1.29, 1.82) is 0 Å². The van der Waals surface area contributed by atoms with Crippen LogP contribution in [0.5, 0.6) is 0 Å². The second-order valence-corrected chi connectivity index (χ2v) is 12.0. The van der Waals surface area contributed by atoms with Crippen LogP contribution in [0, 0.1) is 5.82 Å². The molecule has 23 nitrogen and oxygen atoms in total. The highest BCUT2D eigenvalue weighted by Crippen LogP contribution is 2.29. The first-order valence-corrected chi connectivity index (χ1v) is 15.7. The quantitative estimate of drug-likeness (QED) is 0.111. The Kier molecular flexibility index (Phi) is 13.3. The van der Waals surface area contributed by atoms with E-state index >= 15 is 0 Å². The van der Waals surface area contributed by atoms with Gasteiger partial charge in [-0.05, 0) is 15.9 Å². The third-order valence-electron chi connectivity index (χ3n) is 7.78. The summed E-state index contributed by atoms with van der Waals surface area (Å²) in [6, 6.07) is 0. The molecule has 282 valence electrons. The van der Waals surface area contributed by atoms with Gasteiger partial charge in [0.05, 0.1) is 42.7 Å². The number of H-pyrrole nitrogens is 1. The van der Waals surface area contributed by atoms with Crippen molar-refractivity contribution in [3.05, 3.63) is 70.8 Å². The van der Waals surface area contributed by atoms with Crippen molar-refractivity contribution in [3.63, 3.8) is 0 Å². The third kappa shape index (κ3) is 9.08. The van der Waals surface area contributed by atoms with E-state index in [0.717, 1.165) is 10.8 Å². The number of rotatable bonds is 6. The van der Waals surface area contributed by atoms with Crippen molar-refractivity contribution in [2.75, 3.05) is 31.3 Å². The van der Waals surface area contributed by atoms with Gasteiger partial charge in [0.1, 0.15) is 49.3 Å². The average molecular weight is 797 g/mol. The number of hydrogen-bond acceptors (Lipinski definition) is 19. The summed E-state index contributed by atoms with van der Waals surface area (Å²) in [5.41, 5.74) is 7.69. The Bertz CT molecular complexity index is 1900. The number of aliphatic hydroxyl groups is 7. The summed E-state index contributed by atoms with van der Waals surface area (Å²) < 4.78 is 32.0. The summed E-state index contributed by atoms with van der Waals surface area (Å²) in [5.74, 6) is -1.63. The second-order valence-electron chi connectivity index (χ2n) is 11.2. The van der Waals surface area contributed by atoms with Crippen LogP contribution in [-0.4, -0.2) is 132 Å². The van der Waals surface area contributed by atoms with Crippen molar-refractivity contribution in [3.8, 4) is 0 Å². The van der Waals surface area contributed by atoms with Crippen LogP contribution in [0.25, 0.3) is 0 Å². The fourth-order valence-electron chi connectivity index (χ4n) is 5.08. The molecule has 6 heterocycles. The number of nitrogens with two attached hydrogens (primary N) is 2. The zero-order valence-electron chi connectivity index (χ0n) is 26.1. The Labute approximate surface area is 291 Å². The van der Waals surface area contributed by atoms with Gasteiger partial charge in [-0.2, -0.15) is 9.97 Å². The molecule has 12 N–H and O–H groups in total. The summed E-state index contributed by atoms with van der Waals surface area (Å²) >= 11 is 3.00. The number of nitrogens with zero attached hydrogens (tertiary/aromatic N) is 6. The SMILES string of the molecule is Nc1nc(=O)n([C@@H]2O[C@H](CO)[C@@H](O)[C@H]2O)cc1F.Nc1ncn([C@H]2C[C@H](O)[C@@H](CO)O2)c(=O)n1.O=c1[nH]c(=O)n([C@H]2C[C@H](O)[C@@H](CO)O2)cc1Br. The largest absolute Gasteiger partial charge is 0.394 e. The van der Waals surface area contributed by atoms with Crippen molar-refractivity contribution < 1.29 is 54.3 Å². The van der Waals surface area contributed by atoms with Gasteiger partial charge in [0.2, 0.25) is 5.95 Å². The van der Waals surface area contributed by atoms with Crippen LogP contribution >= 0.6 is 15.9 Å². The minimum atomic E-state index is -1.48. The highest BCUT2D eigenvalue weighted by Gasteiger charge is 2.44. The Morgan fingerprint density at radius 1 is 0.804 bits per heavy atom. The van der Waals surface area contributed by atoms with Crippen molar-refractivity contribution in [2.24, 2.45) is 0 Å². The van der Waals surface area contributed by atoms with Gasteiger partial charge in [0.15, 0.2) is 17.9 Å². The fraction of sp³-hybridized carbons (Fsp3) is 0.577. The summed E-state index contributed by atoms with van der Waals surface area (Å²) in [5, 5.41) is 65.0. The molecule has 25 heteroatoms. The first-order valence-electron chi connectivity index (χ1n) is 14.9. The molecular formula is C26H35BrFN9O14. The number of nitrogen functional groups attached to an aromatic ring is 2. The van der Waals surface area contributed by atoms with Crippen LogP contribution in [0.15, 0.2) is 42.4 Å². The summed E-state index contributed by atoms with van der Waals surface area (Å²) in [7, 11) is 0. The van der Waals surface area contributed by atoms with E-state index < -0.39 is 102 Å². The van der Waals surface area contributed by atoms with Gasteiger partial charge in [-0.25, -0.2) is 23.8 Å². The molecule has 3 aliphatic heterocycles. The number of ether oxygens (including phenoxy) is 3. The lowest BCUT2D eigenvalue weighted by molar-refractivity contribution is -0.0553. The number of halogens is 2. The average Bonchev–Trinajstić information content (AvgIpc) is 3.74. The molecule has 0 spiro atoms. The lowest BCUT2D eigenvalue weighted by atomic mass is 10.1. The van der Waals surface area contributed by atoms with E-state index in [-0.39, 0.29) is 36.5 Å². The Morgan fingerprint density at radius 3 is 1.86 bits per heavy atom. The molecule has 3 aromatic heterocycles. The van der Waals surface area contributed by atoms with E-state index in [2.05, 4.69) is 35.9 Å². The Balaban J connectivity index is 0.000000172. The third-order valence-corrected chi connectivity index (χ3v) is 8.35. The molecule has 0 bridgehead atoms. The number of aromatic amines is 1. The van der Waals surface area contributed by atoms with Crippen LogP contribution in [0.1, 0.15) is 31.5 Å². The van der Waals surface area contributed by atoms with Gasteiger partial charge < -0.3 is 61.4 Å². The predicted molar refractivity (Wildman–Crippen MR) is 169 cm³/mol. The number of anilines is 2. The van der Waals surface area contributed by atoms with Crippen molar-refractivity contribution in [2.45, 2.75) is 74.3 Å². The smallest absolute Gasteiger partial charge is 0.354 e. The zero-order chi connectivity index (χ0) is 37.7. The molecule has 0 amide bonds. The lowest BCUT2D eigenvalue weighted by Gasteiger charge is -2.17. The predicted octanol–water partition coefficient (Wildman–Crippen LogP) is -5.62. The first-order chi connectivity index (χ1) is 24.1. The van der Waals surface area contributed by atoms with Crippen LogP contribution in [-0.2, 0) is 14.2 Å². The van der Waals surface area contributed by atoms with E-state index in [1.807, 2.05) is 0 Å². The topological polar surface area (TPSA) is 359 Å². The molecule has 6 rings (SSSR count). The Hall–Kier alpha value is -4.02. The van der Waals surface area contributed by atoms with E-state index in [4.69, 9.17) is 41.0 Å². The molecule has 0 aliphatic carbocycles. The number of nitrogens with one attached hydrogen (secondary N) is 1. The molecular weight excluding hydrogens is 761 g/mol. The second kappa shape index (κ2) is 17.0. The fourth-order valence-corrected chi connectivity index (χ4v) is 5.40. The molecule has 0 unspecified atom stereocenters. The molecule has 0 radical (unpaired) electrons. The first kappa shape index (κ1) is 39.8. The van der Waals surface area contributed by atoms with E-state index in [1.165, 1.54) is 17.1 Å². The molecule has 3 aromatic rings. The monoisotopic (exact) mass is 795 g/mol. The number of aromatic nitrogens is 7. The summed E-state index contributed by atoms with van der Waals surface area (Å²) in [4.78, 5) is 58.0. The van der Waals surface area contributed by atoms with E-state index in [1.54, 1.807) is 0 Å². The standard InChI is InChI=1S/C9H11BrN2O5.C9H12FN3O5.C8H12N4O4/c10-4-2-12(9(16)11-8(4)15)7-1-5(14)6(3-13)17-7;10-3-1-13(9(17)12-7(3)11)8-6(16)5(15)4(2-14)18-8;9-7-10-3-12(8(15)11-7)6-1-4(14)5(2-13)16-6/h2,5-7,13-14H,1,3H2,(H,11,15,16);1,4-6,8,14-16H,2H2,(H2,11,12,17);3-6,13-14H,1-2H2,(H2,9,11,15)/t5-,6+,7+;4-,5-,6-,8-;4-,5+,6+/m010/s1. The number of hydrogen-bond donors (Lipinski definition) is 10. The normalized spacial score (nSPS) is 30.0. The molecule has 10 atom stereocenters. The highest BCUT2D eigenvalue weighted by molar-refractivity contribution is 9.10. The van der Waals surface area contributed by atoms with Crippen molar-refractivity contribution in [1.82, 2.24) is 33.6 Å². The summed E-state index contributed by atoms with van der Waals surface area (Å²) in [6.07, 6.45) is -6.01. The molecule has 3 fully saturated rings. The van der Waals surface area contributed by atoms with Gasteiger partial charge in [0.25, 0.3) is 5.56 Å². The maximum Gasteiger partial charge on any atom is 0.354 e. The van der Waals surface area contributed by atoms with E-state index in [9.17, 15) is 44.0 Å². The van der Waals surface area contributed by atoms with E-state index in [0.29, 0.717) is 4.57 Å². The molecule has 3 aliphatic rings. The van der Waals surface area contributed by atoms with Gasteiger partial charge in [-0.15, -0.1) is 0 Å². The van der Waals surface area contributed by atoms with Crippen LogP contribution in [0.4, 0.5) is 16.2 Å². The minimum absolute atomic E-state index is 0.112. The maximum atomic E-state index is 13.2. The molecule has 0 saturated carbocycles.